The van der Waals surface area contributed by atoms with E-state index < -0.39 is 0 Å². The molecule has 4 aromatic rings. The standard InChI is InChI=1S/C22H21N7O3/c1-14-7-8-16(11-18(14)28-15(2)24-26-27-28)23-13-22(30)29-19(21-6-4-10-32-21)12-17(25-29)20-5-3-9-31-20/h3-11,19,23H,12-13H2,1-2H3. The molecule has 1 amide bonds. The Kier molecular flexibility index (Phi) is 5.02. The average Bonchev–Trinajstić information content (AvgIpc) is 3.59. The summed E-state index contributed by atoms with van der Waals surface area (Å²) in [4.78, 5) is 13.1. The van der Waals surface area contributed by atoms with Crippen molar-refractivity contribution < 1.29 is 13.6 Å². The van der Waals surface area contributed by atoms with Crippen LogP contribution in [0.3, 0.4) is 0 Å². The summed E-state index contributed by atoms with van der Waals surface area (Å²) < 4.78 is 12.7. The number of furan rings is 2. The summed E-state index contributed by atoms with van der Waals surface area (Å²) in [6.07, 6.45) is 3.70. The van der Waals surface area contributed by atoms with Crippen molar-refractivity contribution >= 4 is 17.3 Å². The van der Waals surface area contributed by atoms with Crippen molar-refractivity contribution in [1.29, 1.82) is 0 Å². The molecular weight excluding hydrogens is 410 g/mol. The van der Waals surface area contributed by atoms with Crippen molar-refractivity contribution in [3.05, 3.63) is 77.9 Å². The number of carbonyl (C=O) groups is 1. The zero-order chi connectivity index (χ0) is 22.1. The number of rotatable bonds is 6. The number of hydrazone groups is 1. The van der Waals surface area contributed by atoms with Crippen molar-refractivity contribution in [3.8, 4) is 5.69 Å². The van der Waals surface area contributed by atoms with E-state index in [-0.39, 0.29) is 18.5 Å². The van der Waals surface area contributed by atoms with E-state index in [2.05, 4.69) is 25.9 Å². The van der Waals surface area contributed by atoms with E-state index in [1.54, 1.807) is 29.3 Å². The second-order valence-electron chi connectivity index (χ2n) is 7.49. The molecule has 10 nitrogen and oxygen atoms in total. The van der Waals surface area contributed by atoms with Crippen LogP contribution in [0.5, 0.6) is 0 Å². The molecule has 1 aliphatic heterocycles. The molecular formula is C22H21N7O3. The molecule has 32 heavy (non-hydrogen) atoms. The van der Waals surface area contributed by atoms with Crippen LogP contribution in [0.1, 0.15) is 35.4 Å². The molecule has 0 spiro atoms. The Bertz CT molecular complexity index is 1260. The third-order valence-electron chi connectivity index (χ3n) is 5.35. The molecule has 1 atom stereocenters. The Hall–Kier alpha value is -4.21. The second-order valence-corrected chi connectivity index (χ2v) is 7.49. The van der Waals surface area contributed by atoms with E-state index in [1.165, 1.54) is 5.01 Å². The highest BCUT2D eigenvalue weighted by atomic mass is 16.3. The molecule has 162 valence electrons. The number of hydrogen-bond donors (Lipinski definition) is 1. The summed E-state index contributed by atoms with van der Waals surface area (Å²) in [5.74, 6) is 1.81. The van der Waals surface area contributed by atoms with Crippen molar-refractivity contribution in [2.24, 2.45) is 5.10 Å². The lowest BCUT2D eigenvalue weighted by Crippen LogP contribution is -2.32. The minimum Gasteiger partial charge on any atom is -0.467 e. The van der Waals surface area contributed by atoms with E-state index in [1.807, 2.05) is 44.2 Å². The third-order valence-corrected chi connectivity index (χ3v) is 5.35. The molecule has 0 radical (unpaired) electrons. The Labute approximate surface area is 183 Å². The van der Waals surface area contributed by atoms with Crippen LogP contribution in [0.15, 0.2) is 68.9 Å². The van der Waals surface area contributed by atoms with Gasteiger partial charge in [0.1, 0.15) is 23.3 Å². The normalized spacial score (nSPS) is 15.8. The molecule has 5 rings (SSSR count). The van der Waals surface area contributed by atoms with E-state index in [0.29, 0.717) is 29.5 Å². The first-order chi connectivity index (χ1) is 15.6. The molecule has 0 aliphatic carbocycles. The zero-order valence-corrected chi connectivity index (χ0v) is 17.6. The number of anilines is 1. The van der Waals surface area contributed by atoms with Gasteiger partial charge in [0, 0.05) is 12.1 Å². The first-order valence-electron chi connectivity index (χ1n) is 10.2. The molecule has 3 aromatic heterocycles. The number of nitrogens with zero attached hydrogens (tertiary/aromatic N) is 6. The van der Waals surface area contributed by atoms with Gasteiger partial charge in [0.05, 0.1) is 24.8 Å². The summed E-state index contributed by atoms with van der Waals surface area (Å²) in [5, 5.41) is 20.9. The molecule has 4 heterocycles. The first-order valence-corrected chi connectivity index (χ1v) is 10.2. The number of aromatic nitrogens is 4. The molecule has 1 N–H and O–H groups in total. The van der Waals surface area contributed by atoms with Gasteiger partial charge in [-0.1, -0.05) is 6.07 Å². The van der Waals surface area contributed by atoms with Crippen LogP contribution in [0.2, 0.25) is 0 Å². The Morgan fingerprint density at radius 1 is 1.16 bits per heavy atom. The second kappa shape index (κ2) is 8.14. The lowest BCUT2D eigenvalue weighted by molar-refractivity contribution is -0.131. The van der Waals surface area contributed by atoms with Gasteiger partial charge in [-0.15, -0.1) is 5.10 Å². The van der Waals surface area contributed by atoms with Gasteiger partial charge in [0.15, 0.2) is 5.82 Å². The van der Waals surface area contributed by atoms with Gasteiger partial charge in [-0.2, -0.15) is 9.78 Å². The van der Waals surface area contributed by atoms with Gasteiger partial charge >= 0.3 is 0 Å². The quantitative estimate of drug-likeness (QED) is 0.498. The molecule has 1 aliphatic rings. The highest BCUT2D eigenvalue weighted by Crippen LogP contribution is 2.33. The molecule has 1 unspecified atom stereocenters. The Balaban J connectivity index is 1.35. The van der Waals surface area contributed by atoms with Gasteiger partial charge in [-0.05, 0) is 66.2 Å². The number of nitrogens with one attached hydrogen (secondary N) is 1. The fourth-order valence-corrected chi connectivity index (χ4v) is 3.69. The molecule has 10 heteroatoms. The average molecular weight is 431 g/mol. The number of aryl methyl sites for hydroxylation is 2. The van der Waals surface area contributed by atoms with Gasteiger partial charge in [-0.3, -0.25) is 4.79 Å². The highest BCUT2D eigenvalue weighted by molar-refractivity contribution is 6.01. The SMILES string of the molecule is Cc1ccc(NCC(=O)N2N=C(c3ccco3)CC2c2ccco2)cc1-n1nnnc1C. The monoisotopic (exact) mass is 431 g/mol. The number of carbonyl (C=O) groups excluding carboxylic acids is 1. The predicted molar refractivity (Wildman–Crippen MR) is 115 cm³/mol. The fraction of sp³-hybridized carbons (Fsp3) is 0.227. The molecule has 0 fully saturated rings. The van der Waals surface area contributed by atoms with E-state index >= 15 is 0 Å². The van der Waals surface area contributed by atoms with Gasteiger partial charge in [-0.25, -0.2) is 5.01 Å². The lowest BCUT2D eigenvalue weighted by Gasteiger charge is -2.20. The van der Waals surface area contributed by atoms with Crippen LogP contribution in [-0.4, -0.2) is 43.4 Å². The van der Waals surface area contributed by atoms with Crippen molar-refractivity contribution in [1.82, 2.24) is 25.2 Å². The van der Waals surface area contributed by atoms with Crippen LogP contribution in [0, 0.1) is 13.8 Å². The van der Waals surface area contributed by atoms with Crippen LogP contribution in [-0.2, 0) is 4.79 Å². The van der Waals surface area contributed by atoms with Gasteiger partial charge in [0.25, 0.3) is 5.91 Å². The van der Waals surface area contributed by atoms with Crippen LogP contribution < -0.4 is 5.32 Å². The fourth-order valence-electron chi connectivity index (χ4n) is 3.69. The maximum absolute atomic E-state index is 13.1. The maximum atomic E-state index is 13.1. The van der Waals surface area contributed by atoms with Crippen LogP contribution in [0.4, 0.5) is 5.69 Å². The van der Waals surface area contributed by atoms with E-state index in [9.17, 15) is 4.79 Å². The summed E-state index contributed by atoms with van der Waals surface area (Å²) in [5.41, 5.74) is 3.34. The van der Waals surface area contributed by atoms with Crippen LogP contribution in [0.25, 0.3) is 5.69 Å². The zero-order valence-electron chi connectivity index (χ0n) is 17.6. The summed E-state index contributed by atoms with van der Waals surface area (Å²) >= 11 is 0. The predicted octanol–water partition coefficient (Wildman–Crippen LogP) is 3.25. The first kappa shape index (κ1) is 19.7. The minimum atomic E-state index is -0.322. The number of tetrazole rings is 1. The van der Waals surface area contributed by atoms with E-state index in [4.69, 9.17) is 8.83 Å². The van der Waals surface area contributed by atoms with Crippen molar-refractivity contribution in [3.63, 3.8) is 0 Å². The maximum Gasteiger partial charge on any atom is 0.262 e. The number of benzene rings is 1. The summed E-state index contributed by atoms with van der Waals surface area (Å²) in [6.45, 7) is 3.87. The van der Waals surface area contributed by atoms with Crippen LogP contribution >= 0.6 is 0 Å². The lowest BCUT2D eigenvalue weighted by atomic mass is 10.1. The Morgan fingerprint density at radius 2 is 2.00 bits per heavy atom. The molecule has 0 saturated heterocycles. The van der Waals surface area contributed by atoms with E-state index in [0.717, 1.165) is 16.9 Å². The minimum absolute atomic E-state index is 0.0588. The third kappa shape index (κ3) is 3.66. The Morgan fingerprint density at radius 3 is 2.72 bits per heavy atom. The number of amides is 1. The van der Waals surface area contributed by atoms with Crippen molar-refractivity contribution in [2.75, 3.05) is 11.9 Å². The topological polar surface area (TPSA) is 115 Å². The van der Waals surface area contributed by atoms with Gasteiger partial charge < -0.3 is 14.2 Å². The molecule has 0 bridgehead atoms. The molecule has 0 saturated carbocycles. The smallest absolute Gasteiger partial charge is 0.262 e. The largest absolute Gasteiger partial charge is 0.467 e. The summed E-state index contributed by atoms with van der Waals surface area (Å²) in [7, 11) is 0. The highest BCUT2D eigenvalue weighted by Gasteiger charge is 2.35. The summed E-state index contributed by atoms with van der Waals surface area (Å²) in [6, 6.07) is 12.7. The van der Waals surface area contributed by atoms with Gasteiger partial charge in [0.2, 0.25) is 0 Å². The number of hydrogen-bond acceptors (Lipinski definition) is 8. The molecule has 1 aromatic carbocycles. The van der Waals surface area contributed by atoms with Crippen molar-refractivity contribution in [2.45, 2.75) is 26.3 Å².